The molecule has 2 nitrogen and oxygen atoms in total. The lowest BCUT2D eigenvalue weighted by atomic mass is 9.94. The molecular formula is C15H27NO. The van der Waals surface area contributed by atoms with Crippen LogP contribution in [-0.4, -0.2) is 35.2 Å². The van der Waals surface area contributed by atoms with Crippen LogP contribution in [-0.2, 0) is 0 Å². The van der Waals surface area contributed by atoms with E-state index >= 15 is 0 Å². The first-order valence-corrected chi connectivity index (χ1v) is 7.15. The van der Waals surface area contributed by atoms with Crippen molar-refractivity contribution in [2.24, 2.45) is 0 Å². The quantitative estimate of drug-likeness (QED) is 0.743. The van der Waals surface area contributed by atoms with E-state index in [9.17, 15) is 5.11 Å². The van der Waals surface area contributed by atoms with Crippen LogP contribution in [0.15, 0.2) is 0 Å². The van der Waals surface area contributed by atoms with Gasteiger partial charge >= 0.3 is 0 Å². The lowest BCUT2D eigenvalue weighted by Gasteiger charge is -2.24. The average Bonchev–Trinajstić information content (AvgIpc) is 2.38. The maximum absolute atomic E-state index is 10.3. The minimum atomic E-state index is -0.744. The van der Waals surface area contributed by atoms with Crippen LogP contribution >= 0.6 is 0 Å². The van der Waals surface area contributed by atoms with Crippen molar-refractivity contribution < 1.29 is 5.11 Å². The zero-order valence-corrected chi connectivity index (χ0v) is 11.5. The lowest BCUT2D eigenvalue weighted by Crippen LogP contribution is -2.31. The first-order chi connectivity index (χ1) is 8.20. The SMILES string of the molecule is CCCCC(O)(C#CCN1CCCCC1)CC. The van der Waals surface area contributed by atoms with Gasteiger partial charge in [0, 0.05) is 0 Å². The summed E-state index contributed by atoms with van der Waals surface area (Å²) >= 11 is 0. The van der Waals surface area contributed by atoms with Crippen LogP contribution in [0.2, 0.25) is 0 Å². The number of aliphatic hydroxyl groups is 1. The van der Waals surface area contributed by atoms with Gasteiger partial charge in [0.2, 0.25) is 0 Å². The van der Waals surface area contributed by atoms with E-state index in [-0.39, 0.29) is 0 Å². The maximum atomic E-state index is 10.3. The summed E-state index contributed by atoms with van der Waals surface area (Å²) in [6, 6.07) is 0. The summed E-state index contributed by atoms with van der Waals surface area (Å²) in [5, 5.41) is 10.3. The first-order valence-electron chi connectivity index (χ1n) is 7.15. The van der Waals surface area contributed by atoms with Crippen molar-refractivity contribution in [3.05, 3.63) is 0 Å². The molecule has 0 aliphatic carbocycles. The molecule has 1 atom stereocenters. The fourth-order valence-corrected chi connectivity index (χ4v) is 2.23. The van der Waals surface area contributed by atoms with Gasteiger partial charge in [-0.2, -0.15) is 0 Å². The van der Waals surface area contributed by atoms with E-state index in [0.29, 0.717) is 0 Å². The molecule has 0 amide bonds. The molecule has 1 N–H and O–H groups in total. The number of hydrogen-bond donors (Lipinski definition) is 1. The van der Waals surface area contributed by atoms with E-state index in [1.165, 1.54) is 32.4 Å². The van der Waals surface area contributed by atoms with E-state index < -0.39 is 5.60 Å². The van der Waals surface area contributed by atoms with E-state index in [2.05, 4.69) is 23.7 Å². The molecule has 2 heteroatoms. The van der Waals surface area contributed by atoms with Crippen LogP contribution in [0.5, 0.6) is 0 Å². The summed E-state index contributed by atoms with van der Waals surface area (Å²) in [6.07, 6.45) is 7.69. The standard InChI is InChI=1S/C15H27NO/c1-3-5-10-15(17,4-2)11-9-14-16-12-7-6-8-13-16/h17H,3-8,10,12-14H2,1-2H3. The number of nitrogens with zero attached hydrogens (tertiary/aromatic N) is 1. The van der Waals surface area contributed by atoms with Crippen LogP contribution < -0.4 is 0 Å². The smallest absolute Gasteiger partial charge is 0.125 e. The van der Waals surface area contributed by atoms with E-state index in [4.69, 9.17) is 0 Å². The summed E-state index contributed by atoms with van der Waals surface area (Å²) in [7, 11) is 0. The second kappa shape index (κ2) is 7.74. The zero-order chi connectivity index (χ0) is 12.6. The predicted molar refractivity (Wildman–Crippen MR) is 72.8 cm³/mol. The third-order valence-electron chi connectivity index (χ3n) is 3.60. The highest BCUT2D eigenvalue weighted by Gasteiger charge is 2.20. The average molecular weight is 237 g/mol. The highest BCUT2D eigenvalue weighted by molar-refractivity contribution is 5.14. The Morgan fingerprint density at radius 2 is 1.88 bits per heavy atom. The van der Waals surface area contributed by atoms with Gasteiger partial charge in [-0.25, -0.2) is 0 Å². The van der Waals surface area contributed by atoms with Crippen molar-refractivity contribution in [3.8, 4) is 11.8 Å². The highest BCUT2D eigenvalue weighted by atomic mass is 16.3. The van der Waals surface area contributed by atoms with Crippen LogP contribution in [0.4, 0.5) is 0 Å². The Morgan fingerprint density at radius 1 is 1.18 bits per heavy atom. The molecule has 0 aromatic rings. The van der Waals surface area contributed by atoms with Gasteiger partial charge in [-0.15, -0.1) is 0 Å². The molecule has 1 aliphatic heterocycles. The van der Waals surface area contributed by atoms with Crippen molar-refractivity contribution in [1.82, 2.24) is 4.90 Å². The number of piperidine rings is 1. The van der Waals surface area contributed by atoms with Gasteiger partial charge in [0.25, 0.3) is 0 Å². The molecule has 1 rings (SSSR count). The number of rotatable bonds is 5. The van der Waals surface area contributed by atoms with Gasteiger partial charge < -0.3 is 5.11 Å². The summed E-state index contributed by atoms with van der Waals surface area (Å²) in [5.74, 6) is 6.27. The Balaban J connectivity index is 2.38. The third-order valence-corrected chi connectivity index (χ3v) is 3.60. The molecule has 0 radical (unpaired) electrons. The Morgan fingerprint density at radius 3 is 2.47 bits per heavy atom. The van der Waals surface area contributed by atoms with Crippen molar-refractivity contribution in [2.75, 3.05) is 19.6 Å². The summed E-state index contributed by atoms with van der Waals surface area (Å²) in [5.41, 5.74) is -0.744. The van der Waals surface area contributed by atoms with Gasteiger partial charge in [0.15, 0.2) is 0 Å². The molecule has 17 heavy (non-hydrogen) atoms. The molecule has 98 valence electrons. The topological polar surface area (TPSA) is 23.5 Å². The third kappa shape index (κ3) is 5.57. The van der Waals surface area contributed by atoms with Crippen LogP contribution in [0.25, 0.3) is 0 Å². The normalized spacial score (nSPS) is 20.4. The molecule has 0 bridgehead atoms. The Bertz CT molecular complexity index is 260. The maximum Gasteiger partial charge on any atom is 0.125 e. The molecule has 0 spiro atoms. The van der Waals surface area contributed by atoms with E-state index in [1.807, 2.05) is 6.92 Å². The zero-order valence-electron chi connectivity index (χ0n) is 11.5. The van der Waals surface area contributed by atoms with Crippen LogP contribution in [0.3, 0.4) is 0 Å². The molecular weight excluding hydrogens is 210 g/mol. The molecule has 1 saturated heterocycles. The molecule has 1 heterocycles. The largest absolute Gasteiger partial charge is 0.378 e. The second-order valence-corrected chi connectivity index (χ2v) is 5.13. The van der Waals surface area contributed by atoms with E-state index in [0.717, 1.165) is 32.2 Å². The van der Waals surface area contributed by atoms with Crippen molar-refractivity contribution in [3.63, 3.8) is 0 Å². The summed E-state index contributed by atoms with van der Waals surface area (Å²) in [4.78, 5) is 2.40. The monoisotopic (exact) mass is 237 g/mol. The number of likely N-dealkylation sites (tertiary alicyclic amines) is 1. The highest BCUT2D eigenvalue weighted by Crippen LogP contribution is 2.17. The predicted octanol–water partition coefficient (Wildman–Crippen LogP) is 2.81. The van der Waals surface area contributed by atoms with Crippen molar-refractivity contribution in [2.45, 2.75) is 64.4 Å². The molecule has 0 saturated carbocycles. The fraction of sp³-hybridized carbons (Fsp3) is 0.867. The molecule has 1 fully saturated rings. The second-order valence-electron chi connectivity index (χ2n) is 5.13. The minimum absolute atomic E-state index is 0.736. The van der Waals surface area contributed by atoms with Crippen LogP contribution in [0.1, 0.15) is 58.8 Å². The van der Waals surface area contributed by atoms with Gasteiger partial charge in [-0.1, -0.05) is 38.5 Å². The Kier molecular flexibility index (Phi) is 6.62. The number of unbranched alkanes of at least 4 members (excludes halogenated alkanes) is 1. The van der Waals surface area contributed by atoms with Gasteiger partial charge in [-0.3, -0.25) is 4.90 Å². The Labute approximate surface area is 106 Å². The minimum Gasteiger partial charge on any atom is -0.378 e. The van der Waals surface area contributed by atoms with Gasteiger partial charge in [0.05, 0.1) is 6.54 Å². The molecule has 0 aromatic heterocycles. The van der Waals surface area contributed by atoms with Crippen molar-refractivity contribution in [1.29, 1.82) is 0 Å². The Hall–Kier alpha value is -0.520. The lowest BCUT2D eigenvalue weighted by molar-refractivity contribution is 0.0849. The van der Waals surface area contributed by atoms with Crippen LogP contribution in [0, 0.1) is 11.8 Å². The first kappa shape index (κ1) is 14.5. The van der Waals surface area contributed by atoms with Crippen molar-refractivity contribution >= 4 is 0 Å². The molecule has 0 aromatic carbocycles. The summed E-state index contributed by atoms with van der Waals surface area (Å²) < 4.78 is 0. The van der Waals surface area contributed by atoms with E-state index in [1.54, 1.807) is 0 Å². The fourth-order valence-electron chi connectivity index (χ4n) is 2.23. The number of hydrogen-bond acceptors (Lipinski definition) is 2. The summed E-state index contributed by atoms with van der Waals surface area (Å²) in [6.45, 7) is 7.35. The molecule has 1 unspecified atom stereocenters. The van der Waals surface area contributed by atoms with Gasteiger partial charge in [-0.05, 0) is 45.2 Å². The van der Waals surface area contributed by atoms with Gasteiger partial charge in [0.1, 0.15) is 5.60 Å². The molecule has 1 aliphatic rings.